The molecule has 1 aliphatic heterocycles. The summed E-state index contributed by atoms with van der Waals surface area (Å²) in [5.74, 6) is 1.40. The minimum absolute atomic E-state index is 0.434. The Morgan fingerprint density at radius 3 is 2.89 bits per heavy atom. The molecule has 0 saturated heterocycles. The van der Waals surface area contributed by atoms with Gasteiger partial charge in [0.1, 0.15) is 36.4 Å². The number of anilines is 2. The van der Waals surface area contributed by atoms with E-state index in [9.17, 15) is 9.90 Å². The fraction of sp³-hybridized carbons (Fsp3) is 0.464. The average Bonchev–Trinajstić information content (AvgIpc) is 2.94. The largest absolute Gasteiger partial charge is 0.490 e. The van der Waals surface area contributed by atoms with E-state index in [0.29, 0.717) is 31.9 Å². The van der Waals surface area contributed by atoms with E-state index in [1.807, 2.05) is 19.1 Å². The lowest BCUT2D eigenvalue weighted by Gasteiger charge is -2.25. The first-order chi connectivity index (χ1) is 18.6. The molecular weight excluding hydrogens is 482 g/mol. The SMILES string of the molecule is Cc1ncccc1OCCN(CCCCc1ccc2c(n1)NCCC2)CCC(Nc1ccncn1)C(=O)O. The van der Waals surface area contributed by atoms with Crippen molar-refractivity contribution >= 4 is 17.6 Å². The van der Waals surface area contributed by atoms with Crippen molar-refractivity contribution in [2.45, 2.75) is 51.5 Å². The van der Waals surface area contributed by atoms with Crippen LogP contribution in [-0.4, -0.2) is 74.7 Å². The van der Waals surface area contributed by atoms with Crippen LogP contribution in [0, 0.1) is 6.92 Å². The Labute approximate surface area is 223 Å². The molecule has 0 spiro atoms. The van der Waals surface area contributed by atoms with Crippen LogP contribution in [0.2, 0.25) is 0 Å². The first-order valence-corrected chi connectivity index (χ1v) is 13.3. The number of carboxylic acid groups (broad SMARTS) is 1. The summed E-state index contributed by atoms with van der Waals surface area (Å²) in [6.45, 7) is 5.57. The van der Waals surface area contributed by atoms with Gasteiger partial charge in [-0.2, -0.15) is 0 Å². The smallest absolute Gasteiger partial charge is 0.326 e. The van der Waals surface area contributed by atoms with Crippen molar-refractivity contribution < 1.29 is 14.6 Å². The minimum atomic E-state index is -0.905. The molecule has 0 aromatic carbocycles. The van der Waals surface area contributed by atoms with E-state index in [0.717, 1.165) is 68.1 Å². The standard InChI is InChI=1S/C28H37N7O3/c1-21-25(8-5-13-30-21)38-19-18-35(17-12-24(28(36)37)34-26-11-15-29-20-32-26)16-3-2-7-23-10-9-22-6-4-14-31-27(22)33-23/h5,8-11,13,15,20,24H,2-4,6-7,12,14,16-19H2,1H3,(H,31,33)(H,36,37)(H,29,32,34). The molecule has 0 bridgehead atoms. The van der Waals surface area contributed by atoms with Gasteiger partial charge in [0, 0.05) is 37.7 Å². The lowest BCUT2D eigenvalue weighted by molar-refractivity contribution is -0.138. The highest BCUT2D eigenvalue weighted by atomic mass is 16.5. The Morgan fingerprint density at radius 2 is 2.08 bits per heavy atom. The number of rotatable bonds is 15. The number of aryl methyl sites for hydroxylation is 3. The Bertz CT molecular complexity index is 1160. The van der Waals surface area contributed by atoms with Crippen molar-refractivity contribution in [1.82, 2.24) is 24.8 Å². The molecule has 10 nitrogen and oxygen atoms in total. The number of unbranched alkanes of at least 4 members (excludes halogenated alkanes) is 1. The van der Waals surface area contributed by atoms with Gasteiger partial charge in [-0.25, -0.2) is 19.7 Å². The second-order valence-electron chi connectivity index (χ2n) is 9.49. The molecule has 3 aromatic rings. The first kappa shape index (κ1) is 27.3. The van der Waals surface area contributed by atoms with Crippen LogP contribution < -0.4 is 15.4 Å². The van der Waals surface area contributed by atoms with Crippen LogP contribution in [0.25, 0.3) is 0 Å². The normalized spacial score (nSPS) is 13.4. The predicted molar refractivity (Wildman–Crippen MR) is 147 cm³/mol. The summed E-state index contributed by atoms with van der Waals surface area (Å²) in [7, 11) is 0. The van der Waals surface area contributed by atoms with Crippen molar-refractivity contribution in [3.63, 3.8) is 0 Å². The number of hydrogen-bond acceptors (Lipinski definition) is 9. The molecule has 3 N–H and O–H groups in total. The van der Waals surface area contributed by atoms with Gasteiger partial charge < -0.3 is 20.5 Å². The third kappa shape index (κ3) is 8.37. The van der Waals surface area contributed by atoms with Gasteiger partial charge in [0.2, 0.25) is 0 Å². The number of carboxylic acids is 1. The highest BCUT2D eigenvalue weighted by Gasteiger charge is 2.19. The maximum Gasteiger partial charge on any atom is 0.326 e. The molecule has 0 aliphatic carbocycles. The highest BCUT2D eigenvalue weighted by molar-refractivity contribution is 5.76. The van der Waals surface area contributed by atoms with Gasteiger partial charge in [-0.05, 0) is 81.8 Å². The molecule has 0 amide bonds. The molecule has 1 aliphatic rings. The van der Waals surface area contributed by atoms with E-state index < -0.39 is 12.0 Å². The van der Waals surface area contributed by atoms with Crippen LogP contribution >= 0.6 is 0 Å². The number of fused-ring (bicyclic) bond motifs is 1. The molecule has 202 valence electrons. The summed E-state index contributed by atoms with van der Waals surface area (Å²) in [6, 6.07) is 9.04. The molecular formula is C28H37N7O3. The molecule has 0 saturated carbocycles. The number of hydrogen-bond donors (Lipinski definition) is 3. The van der Waals surface area contributed by atoms with Gasteiger partial charge in [0.15, 0.2) is 0 Å². The van der Waals surface area contributed by atoms with Gasteiger partial charge in [-0.3, -0.25) is 9.88 Å². The van der Waals surface area contributed by atoms with Gasteiger partial charge in [-0.1, -0.05) is 6.07 Å². The topological polar surface area (TPSA) is 125 Å². The Morgan fingerprint density at radius 1 is 1.16 bits per heavy atom. The second kappa shape index (κ2) is 14.2. The Kier molecular flexibility index (Phi) is 10.2. The van der Waals surface area contributed by atoms with Gasteiger partial charge in [0.05, 0.1) is 5.69 Å². The van der Waals surface area contributed by atoms with Crippen molar-refractivity contribution in [3.8, 4) is 5.75 Å². The molecule has 1 atom stereocenters. The zero-order chi connectivity index (χ0) is 26.6. The van der Waals surface area contributed by atoms with Crippen LogP contribution in [0.4, 0.5) is 11.6 Å². The zero-order valence-corrected chi connectivity index (χ0v) is 22.0. The van der Waals surface area contributed by atoms with Crippen LogP contribution in [0.15, 0.2) is 49.1 Å². The molecule has 1 unspecified atom stereocenters. The van der Waals surface area contributed by atoms with Gasteiger partial charge in [-0.15, -0.1) is 0 Å². The molecule has 0 fully saturated rings. The van der Waals surface area contributed by atoms with Crippen molar-refractivity contribution in [2.24, 2.45) is 0 Å². The molecule has 3 aromatic heterocycles. The second-order valence-corrected chi connectivity index (χ2v) is 9.49. The van der Waals surface area contributed by atoms with Crippen LogP contribution in [0.1, 0.15) is 42.6 Å². The molecule has 4 heterocycles. The number of ether oxygens (including phenoxy) is 1. The minimum Gasteiger partial charge on any atom is -0.490 e. The summed E-state index contributed by atoms with van der Waals surface area (Å²) in [5.41, 5.74) is 3.27. The fourth-order valence-electron chi connectivity index (χ4n) is 4.52. The lowest BCUT2D eigenvalue weighted by atomic mass is 10.1. The van der Waals surface area contributed by atoms with Crippen molar-refractivity contribution in [1.29, 1.82) is 0 Å². The fourth-order valence-corrected chi connectivity index (χ4v) is 4.52. The number of aliphatic carboxylic acids is 1. The van der Waals surface area contributed by atoms with Crippen LogP contribution in [-0.2, 0) is 17.6 Å². The Balaban J connectivity index is 1.30. The van der Waals surface area contributed by atoms with Crippen LogP contribution in [0.5, 0.6) is 5.75 Å². The number of carbonyl (C=O) groups is 1. The lowest BCUT2D eigenvalue weighted by Crippen LogP contribution is -2.37. The number of pyridine rings is 2. The summed E-state index contributed by atoms with van der Waals surface area (Å²) in [4.78, 5) is 31.2. The maximum absolute atomic E-state index is 11.9. The summed E-state index contributed by atoms with van der Waals surface area (Å²) in [6.07, 6.45) is 10.3. The number of aromatic nitrogens is 4. The quantitative estimate of drug-likeness (QED) is 0.257. The van der Waals surface area contributed by atoms with Gasteiger partial charge in [0.25, 0.3) is 0 Å². The highest BCUT2D eigenvalue weighted by Crippen LogP contribution is 2.20. The van der Waals surface area contributed by atoms with Crippen LogP contribution in [0.3, 0.4) is 0 Å². The van der Waals surface area contributed by atoms with E-state index in [4.69, 9.17) is 9.72 Å². The summed E-state index contributed by atoms with van der Waals surface area (Å²) >= 11 is 0. The number of nitrogens with one attached hydrogen (secondary N) is 2. The third-order valence-electron chi connectivity index (χ3n) is 6.67. The molecule has 0 radical (unpaired) electrons. The maximum atomic E-state index is 11.9. The third-order valence-corrected chi connectivity index (χ3v) is 6.67. The average molecular weight is 520 g/mol. The summed E-state index contributed by atoms with van der Waals surface area (Å²) < 4.78 is 5.98. The van der Waals surface area contributed by atoms with E-state index in [-0.39, 0.29) is 0 Å². The van der Waals surface area contributed by atoms with Crippen molar-refractivity contribution in [3.05, 3.63) is 66.0 Å². The van der Waals surface area contributed by atoms with E-state index in [1.54, 1.807) is 18.5 Å². The number of nitrogens with zero attached hydrogens (tertiary/aromatic N) is 5. The van der Waals surface area contributed by atoms with E-state index in [2.05, 4.69) is 42.6 Å². The zero-order valence-electron chi connectivity index (χ0n) is 22.0. The monoisotopic (exact) mass is 519 g/mol. The first-order valence-electron chi connectivity index (χ1n) is 13.3. The predicted octanol–water partition coefficient (Wildman–Crippen LogP) is 3.59. The van der Waals surface area contributed by atoms with Crippen molar-refractivity contribution in [2.75, 3.05) is 43.4 Å². The molecule has 10 heteroatoms. The Hall–Kier alpha value is -3.79. The van der Waals surface area contributed by atoms with Gasteiger partial charge >= 0.3 is 5.97 Å². The van der Waals surface area contributed by atoms with E-state index in [1.165, 1.54) is 11.9 Å². The molecule has 4 rings (SSSR count). The van der Waals surface area contributed by atoms with E-state index >= 15 is 0 Å². The molecule has 38 heavy (non-hydrogen) atoms. The summed E-state index contributed by atoms with van der Waals surface area (Å²) in [5, 5.41) is 16.2.